The topological polar surface area (TPSA) is 35.6 Å². The number of thiophene rings is 1. The first-order valence-electron chi connectivity index (χ1n) is 8.41. The van der Waals surface area contributed by atoms with Gasteiger partial charge in [0.15, 0.2) is 0 Å². The summed E-state index contributed by atoms with van der Waals surface area (Å²) in [5, 5.41) is 7.17. The fourth-order valence-electron chi connectivity index (χ4n) is 3.79. The molecule has 2 saturated heterocycles. The fraction of sp³-hybridized carbons (Fsp3) is 0.706. The summed E-state index contributed by atoms with van der Waals surface area (Å²) in [6.45, 7) is 7.50. The van der Waals surface area contributed by atoms with E-state index in [0.29, 0.717) is 19.5 Å². The van der Waals surface area contributed by atoms with Crippen molar-refractivity contribution in [1.29, 1.82) is 0 Å². The molecule has 0 saturated carbocycles. The van der Waals surface area contributed by atoms with Crippen molar-refractivity contribution in [2.75, 3.05) is 26.2 Å². The number of alkyl halides is 1. The molecule has 1 aromatic rings. The molecule has 128 valence electrons. The van der Waals surface area contributed by atoms with Crippen LogP contribution in [0.2, 0.25) is 0 Å². The highest BCUT2D eigenvalue weighted by atomic mass is 32.1. The zero-order valence-electron chi connectivity index (χ0n) is 13.9. The predicted molar refractivity (Wildman–Crippen MR) is 91.4 cm³/mol. The summed E-state index contributed by atoms with van der Waals surface area (Å²) in [6, 6.07) is 2.19. The molecular weight excluding hydrogens is 313 g/mol. The number of carbonyl (C=O) groups is 1. The summed E-state index contributed by atoms with van der Waals surface area (Å²) in [7, 11) is 0. The highest BCUT2D eigenvalue weighted by molar-refractivity contribution is 7.07. The van der Waals surface area contributed by atoms with E-state index in [4.69, 9.17) is 0 Å². The second-order valence-electron chi connectivity index (χ2n) is 7.24. The molecule has 2 aliphatic rings. The van der Waals surface area contributed by atoms with Gasteiger partial charge in [0.25, 0.3) is 0 Å². The Kier molecular flexibility index (Phi) is 4.92. The van der Waals surface area contributed by atoms with Crippen LogP contribution < -0.4 is 5.32 Å². The second-order valence-corrected chi connectivity index (χ2v) is 8.02. The summed E-state index contributed by atoms with van der Waals surface area (Å²) in [5.41, 5.74) is 0.912. The van der Waals surface area contributed by atoms with Gasteiger partial charge in [0.2, 0.25) is 0 Å². The normalized spacial score (nSPS) is 28.7. The molecule has 0 bridgehead atoms. The minimum atomic E-state index is -0.807. The van der Waals surface area contributed by atoms with Crippen molar-refractivity contribution < 1.29 is 9.18 Å². The van der Waals surface area contributed by atoms with Gasteiger partial charge < -0.3 is 10.2 Å². The van der Waals surface area contributed by atoms with Gasteiger partial charge >= 0.3 is 6.03 Å². The van der Waals surface area contributed by atoms with E-state index in [0.717, 1.165) is 26.1 Å². The van der Waals surface area contributed by atoms with Crippen molar-refractivity contribution in [3.63, 3.8) is 0 Å². The molecule has 2 atom stereocenters. The van der Waals surface area contributed by atoms with E-state index < -0.39 is 6.17 Å². The van der Waals surface area contributed by atoms with Gasteiger partial charge in [-0.1, -0.05) is 0 Å². The van der Waals surface area contributed by atoms with Crippen molar-refractivity contribution in [3.05, 3.63) is 22.4 Å². The number of carbonyl (C=O) groups excluding carboxylic acids is 1. The van der Waals surface area contributed by atoms with E-state index in [-0.39, 0.29) is 17.5 Å². The van der Waals surface area contributed by atoms with Crippen molar-refractivity contribution >= 4 is 17.4 Å². The molecule has 0 radical (unpaired) electrons. The number of urea groups is 1. The third kappa shape index (κ3) is 3.69. The number of halogens is 1. The minimum Gasteiger partial charge on any atom is -0.336 e. The summed E-state index contributed by atoms with van der Waals surface area (Å²) in [6.07, 6.45) is 0.486. The first-order chi connectivity index (χ1) is 11.0. The smallest absolute Gasteiger partial charge is 0.317 e. The van der Waals surface area contributed by atoms with Crippen LogP contribution in [0.1, 0.15) is 32.3 Å². The van der Waals surface area contributed by atoms with Gasteiger partial charge in [-0.3, -0.25) is 4.90 Å². The molecule has 1 N–H and O–H groups in total. The molecule has 0 aromatic carbocycles. The molecule has 0 unspecified atom stereocenters. The Morgan fingerprint density at radius 3 is 3.00 bits per heavy atom. The number of likely N-dealkylation sites (tertiary alicyclic amines) is 2. The van der Waals surface area contributed by atoms with Crippen molar-refractivity contribution in [2.24, 2.45) is 5.41 Å². The summed E-state index contributed by atoms with van der Waals surface area (Å²) in [5.74, 6) is 0. The number of nitrogens with one attached hydrogen (secondary N) is 1. The van der Waals surface area contributed by atoms with E-state index in [2.05, 4.69) is 27.0 Å². The fourth-order valence-corrected chi connectivity index (χ4v) is 4.45. The number of nitrogens with zero attached hydrogens (tertiary/aromatic N) is 2. The Labute approximate surface area is 141 Å². The van der Waals surface area contributed by atoms with Gasteiger partial charge in [-0.15, -0.1) is 0 Å². The van der Waals surface area contributed by atoms with Crippen LogP contribution >= 0.6 is 11.3 Å². The molecule has 3 rings (SSSR count). The lowest BCUT2D eigenvalue weighted by Crippen LogP contribution is -2.56. The summed E-state index contributed by atoms with van der Waals surface area (Å²) >= 11 is 1.70. The van der Waals surface area contributed by atoms with Crippen molar-refractivity contribution in [2.45, 2.75) is 45.4 Å². The van der Waals surface area contributed by atoms with E-state index in [1.807, 2.05) is 18.7 Å². The van der Waals surface area contributed by atoms with Crippen LogP contribution in [-0.4, -0.2) is 54.2 Å². The van der Waals surface area contributed by atoms with Crippen LogP contribution in [0.5, 0.6) is 0 Å². The van der Waals surface area contributed by atoms with Crippen molar-refractivity contribution in [3.8, 4) is 0 Å². The van der Waals surface area contributed by atoms with Crippen LogP contribution in [0.3, 0.4) is 0 Å². The van der Waals surface area contributed by atoms with Gasteiger partial charge in [-0.2, -0.15) is 11.3 Å². The Bertz CT molecular complexity index is 536. The third-order valence-corrected chi connectivity index (χ3v) is 5.70. The van der Waals surface area contributed by atoms with E-state index >= 15 is 0 Å². The van der Waals surface area contributed by atoms with E-state index in [1.165, 1.54) is 5.56 Å². The lowest BCUT2D eigenvalue weighted by atomic mass is 9.77. The Morgan fingerprint density at radius 2 is 2.30 bits per heavy atom. The Hall–Kier alpha value is -1.14. The molecule has 0 aliphatic carbocycles. The highest BCUT2D eigenvalue weighted by Gasteiger charge is 2.49. The molecule has 23 heavy (non-hydrogen) atoms. The zero-order chi connectivity index (χ0) is 16.4. The largest absolute Gasteiger partial charge is 0.336 e. The maximum atomic E-state index is 14.7. The zero-order valence-corrected chi connectivity index (χ0v) is 14.7. The van der Waals surface area contributed by atoms with Gasteiger partial charge in [0, 0.05) is 37.6 Å². The third-order valence-electron chi connectivity index (χ3n) is 4.97. The van der Waals surface area contributed by atoms with Gasteiger partial charge in [0.05, 0.1) is 0 Å². The minimum absolute atomic E-state index is 0.0532. The lowest BCUT2D eigenvalue weighted by Gasteiger charge is -2.43. The van der Waals surface area contributed by atoms with Gasteiger partial charge in [0.1, 0.15) is 6.17 Å². The Balaban J connectivity index is 1.64. The summed E-state index contributed by atoms with van der Waals surface area (Å²) in [4.78, 5) is 16.4. The number of hydrogen-bond acceptors (Lipinski definition) is 3. The lowest BCUT2D eigenvalue weighted by molar-refractivity contribution is 0.0247. The molecule has 1 aromatic heterocycles. The molecule has 3 heterocycles. The summed E-state index contributed by atoms with van der Waals surface area (Å²) < 4.78 is 14.7. The first kappa shape index (κ1) is 16.7. The highest BCUT2D eigenvalue weighted by Crippen LogP contribution is 2.41. The SMILES string of the molecule is CC(C)NC(=O)N1CC[C@H](F)[C@@]2(CCN(Cc3ccsc3)C2)C1. The molecule has 4 nitrogen and oxygen atoms in total. The van der Waals surface area contributed by atoms with Crippen LogP contribution in [0.4, 0.5) is 9.18 Å². The molecule has 2 fully saturated rings. The quantitative estimate of drug-likeness (QED) is 0.918. The number of rotatable bonds is 3. The average Bonchev–Trinajstić information content (AvgIpc) is 3.13. The van der Waals surface area contributed by atoms with Crippen LogP contribution in [0.15, 0.2) is 16.8 Å². The molecule has 2 amide bonds. The molecule has 1 spiro atoms. The maximum absolute atomic E-state index is 14.7. The average molecular weight is 339 g/mol. The van der Waals surface area contributed by atoms with E-state index in [9.17, 15) is 9.18 Å². The Morgan fingerprint density at radius 1 is 1.48 bits per heavy atom. The second kappa shape index (κ2) is 6.77. The van der Waals surface area contributed by atoms with Gasteiger partial charge in [-0.05, 0) is 55.6 Å². The number of piperidine rings is 1. The number of hydrogen-bond donors (Lipinski definition) is 1. The van der Waals surface area contributed by atoms with E-state index in [1.54, 1.807) is 11.3 Å². The molecule has 6 heteroatoms. The maximum Gasteiger partial charge on any atom is 0.317 e. The van der Waals surface area contributed by atoms with Crippen LogP contribution in [0, 0.1) is 5.41 Å². The predicted octanol–water partition coefficient (Wildman–Crippen LogP) is 3.10. The van der Waals surface area contributed by atoms with Crippen molar-refractivity contribution in [1.82, 2.24) is 15.1 Å². The first-order valence-corrected chi connectivity index (χ1v) is 9.36. The van der Waals surface area contributed by atoms with Gasteiger partial charge in [-0.25, -0.2) is 9.18 Å². The standard InChI is InChI=1S/C17H26FN3OS/c1-13(2)19-16(22)21-6-3-15(18)17(12-21)5-7-20(11-17)9-14-4-8-23-10-14/h4,8,10,13,15H,3,5-7,9,11-12H2,1-2H3,(H,19,22)/t15-,17+/m0/s1. The molecular formula is C17H26FN3OS. The monoisotopic (exact) mass is 339 g/mol. The number of amides is 2. The van der Waals surface area contributed by atoms with Crippen LogP contribution in [0.25, 0.3) is 0 Å². The molecule has 2 aliphatic heterocycles. The van der Waals surface area contributed by atoms with Crippen LogP contribution in [-0.2, 0) is 6.54 Å².